The molecule has 3 aromatic carbocycles. The van der Waals surface area contributed by atoms with Crippen molar-refractivity contribution >= 4 is 21.8 Å². The number of morpholine rings is 1. The second-order valence-corrected chi connectivity index (χ2v) is 13.9. The Morgan fingerprint density at radius 2 is 1.44 bits per heavy atom. The van der Waals surface area contributed by atoms with E-state index in [1.54, 1.807) is 0 Å². The van der Waals surface area contributed by atoms with Crippen LogP contribution in [0.4, 0.5) is 5.88 Å². The number of phenols is 1. The van der Waals surface area contributed by atoms with Crippen LogP contribution in [-0.2, 0) is 22.0 Å². The van der Waals surface area contributed by atoms with Gasteiger partial charge < -0.3 is 19.2 Å². The van der Waals surface area contributed by atoms with Gasteiger partial charge in [0.15, 0.2) is 0 Å². The average Bonchev–Trinajstić information content (AvgIpc) is 3.33. The van der Waals surface area contributed by atoms with Crippen molar-refractivity contribution in [2.24, 2.45) is 0 Å². The zero-order valence-electron chi connectivity index (χ0n) is 25.0. The van der Waals surface area contributed by atoms with Crippen LogP contribution in [-0.4, -0.2) is 36.4 Å². The van der Waals surface area contributed by atoms with Gasteiger partial charge in [-0.05, 0) is 50.8 Å². The first kappa shape index (κ1) is 29.4. The van der Waals surface area contributed by atoms with Crippen LogP contribution in [0.15, 0.2) is 75.6 Å². The van der Waals surface area contributed by atoms with E-state index >= 15 is 0 Å². The molecule has 5 nitrogen and oxygen atoms in total. The number of phenolic OH excluding ortho intramolecular Hbond substituents is 1. The minimum atomic E-state index is -0.254. The van der Waals surface area contributed by atoms with Crippen LogP contribution in [0.1, 0.15) is 86.9 Å². The molecule has 4 aromatic rings. The molecular formula is C35H41BrN2O3. The van der Waals surface area contributed by atoms with Gasteiger partial charge in [0.1, 0.15) is 11.4 Å². The van der Waals surface area contributed by atoms with E-state index in [9.17, 15) is 5.11 Å². The number of oxazole rings is 1. The first-order valence-corrected chi connectivity index (χ1v) is 15.2. The van der Waals surface area contributed by atoms with E-state index in [1.165, 1.54) is 5.56 Å². The smallest absolute Gasteiger partial charge is 0.220 e. The molecule has 1 unspecified atom stereocenters. The number of nitrogens with zero attached hydrogens (tertiary/aromatic N) is 2. The monoisotopic (exact) mass is 616 g/mol. The summed E-state index contributed by atoms with van der Waals surface area (Å²) in [5, 5.41) is 11.5. The number of halogens is 1. The maximum Gasteiger partial charge on any atom is 0.220 e. The van der Waals surface area contributed by atoms with Crippen LogP contribution in [0.3, 0.4) is 0 Å². The molecule has 41 heavy (non-hydrogen) atoms. The standard InChI is InChI=1S/C35H41BrN2O3/c1-34(2,3)27-21-25(22-28(31(27)39)35(4,5)6)30(24-12-14-26(36)15-13-24)32-37-29(20-23-10-8-7-9-11-23)33(41-32)38-16-18-40-19-17-38/h7-15,21-22,30,39H,16-20H2,1-6H3. The average molecular weight is 618 g/mol. The molecule has 1 N–H and O–H groups in total. The van der Waals surface area contributed by atoms with E-state index in [4.69, 9.17) is 14.1 Å². The molecule has 1 fully saturated rings. The molecule has 216 valence electrons. The lowest BCUT2D eigenvalue weighted by Gasteiger charge is -2.29. The summed E-state index contributed by atoms with van der Waals surface area (Å²) in [6.45, 7) is 15.7. The van der Waals surface area contributed by atoms with E-state index in [1.807, 2.05) is 6.07 Å². The summed E-state index contributed by atoms with van der Waals surface area (Å²) < 4.78 is 13.5. The molecule has 0 saturated carbocycles. The summed E-state index contributed by atoms with van der Waals surface area (Å²) in [4.78, 5) is 7.50. The van der Waals surface area contributed by atoms with E-state index in [-0.39, 0.29) is 16.7 Å². The quantitative estimate of drug-likeness (QED) is 0.236. The third-order valence-corrected chi connectivity index (χ3v) is 8.27. The molecule has 1 aliphatic heterocycles. The lowest BCUT2D eigenvalue weighted by atomic mass is 9.76. The number of aromatic hydroxyl groups is 1. The predicted octanol–water partition coefficient (Wildman–Crippen LogP) is 8.35. The Bertz CT molecular complexity index is 1440. The number of aromatic nitrogens is 1. The van der Waals surface area contributed by atoms with Crippen molar-refractivity contribution in [2.45, 2.75) is 64.7 Å². The van der Waals surface area contributed by atoms with Gasteiger partial charge in [-0.2, -0.15) is 0 Å². The third-order valence-electron chi connectivity index (χ3n) is 7.74. The van der Waals surface area contributed by atoms with Crippen LogP contribution >= 0.6 is 15.9 Å². The zero-order chi connectivity index (χ0) is 29.4. The van der Waals surface area contributed by atoms with Gasteiger partial charge in [-0.3, -0.25) is 0 Å². The maximum absolute atomic E-state index is 11.5. The second-order valence-electron chi connectivity index (χ2n) is 13.0. The van der Waals surface area contributed by atoms with Gasteiger partial charge in [0.2, 0.25) is 11.8 Å². The van der Waals surface area contributed by atoms with Crippen LogP contribution in [0.5, 0.6) is 5.75 Å². The number of rotatable bonds is 6. The summed E-state index contributed by atoms with van der Waals surface area (Å²) in [7, 11) is 0. The highest BCUT2D eigenvalue weighted by molar-refractivity contribution is 9.10. The van der Waals surface area contributed by atoms with Crippen LogP contribution < -0.4 is 4.90 Å². The van der Waals surface area contributed by atoms with Crippen LogP contribution in [0.2, 0.25) is 0 Å². The van der Waals surface area contributed by atoms with Crippen molar-refractivity contribution in [3.8, 4) is 5.75 Å². The van der Waals surface area contributed by atoms with Gasteiger partial charge in [-0.15, -0.1) is 0 Å². The zero-order valence-corrected chi connectivity index (χ0v) is 26.6. The molecule has 2 heterocycles. The molecule has 1 atom stereocenters. The number of hydrogen-bond donors (Lipinski definition) is 1. The Kier molecular flexibility index (Phi) is 8.36. The van der Waals surface area contributed by atoms with Crippen LogP contribution in [0.25, 0.3) is 0 Å². The largest absolute Gasteiger partial charge is 0.507 e. The summed E-state index contributed by atoms with van der Waals surface area (Å²) in [6.07, 6.45) is 0.681. The molecule has 0 spiro atoms. The van der Waals surface area contributed by atoms with E-state index < -0.39 is 0 Å². The van der Waals surface area contributed by atoms with Gasteiger partial charge in [-0.1, -0.05) is 112 Å². The van der Waals surface area contributed by atoms with Gasteiger partial charge >= 0.3 is 0 Å². The summed E-state index contributed by atoms with van der Waals surface area (Å²) in [5.74, 6) is 1.59. The molecular weight excluding hydrogens is 576 g/mol. The normalized spacial score (nSPS) is 15.2. The Hall–Kier alpha value is -3.09. The summed E-state index contributed by atoms with van der Waals surface area (Å²) >= 11 is 3.61. The molecule has 0 amide bonds. The minimum Gasteiger partial charge on any atom is -0.507 e. The number of hydrogen-bond acceptors (Lipinski definition) is 5. The van der Waals surface area contributed by atoms with E-state index in [0.29, 0.717) is 31.3 Å². The fourth-order valence-corrected chi connectivity index (χ4v) is 5.77. The van der Waals surface area contributed by atoms with E-state index in [2.05, 4.69) is 123 Å². The Balaban J connectivity index is 1.72. The first-order valence-electron chi connectivity index (χ1n) is 14.4. The van der Waals surface area contributed by atoms with Crippen molar-refractivity contribution < 1.29 is 14.3 Å². The molecule has 0 aliphatic carbocycles. The molecule has 1 aromatic heterocycles. The van der Waals surface area contributed by atoms with Crippen LogP contribution in [0, 0.1) is 0 Å². The lowest BCUT2D eigenvalue weighted by molar-refractivity contribution is 0.120. The Morgan fingerprint density at radius 1 is 0.854 bits per heavy atom. The fraction of sp³-hybridized carbons (Fsp3) is 0.400. The number of ether oxygens (including phenoxy) is 1. The van der Waals surface area contributed by atoms with Crippen molar-refractivity contribution in [3.63, 3.8) is 0 Å². The Morgan fingerprint density at radius 3 is 2.00 bits per heavy atom. The summed E-state index contributed by atoms with van der Waals surface area (Å²) in [6, 6.07) is 23.1. The molecule has 0 bridgehead atoms. The van der Waals surface area contributed by atoms with Crippen molar-refractivity contribution in [1.29, 1.82) is 0 Å². The predicted molar refractivity (Wildman–Crippen MR) is 169 cm³/mol. The van der Waals surface area contributed by atoms with Gasteiger partial charge in [0.05, 0.1) is 19.1 Å². The number of benzene rings is 3. The second kappa shape index (κ2) is 11.7. The van der Waals surface area contributed by atoms with Gasteiger partial charge in [-0.25, -0.2) is 4.98 Å². The van der Waals surface area contributed by atoms with Gasteiger partial charge in [0.25, 0.3) is 0 Å². The molecule has 1 aliphatic rings. The Labute approximate surface area is 252 Å². The molecule has 1 saturated heterocycles. The maximum atomic E-state index is 11.5. The third kappa shape index (κ3) is 6.54. The first-order chi connectivity index (χ1) is 19.4. The molecule has 6 heteroatoms. The van der Waals surface area contributed by atoms with Crippen molar-refractivity contribution in [3.05, 3.63) is 111 Å². The highest BCUT2D eigenvalue weighted by Crippen LogP contribution is 2.44. The lowest BCUT2D eigenvalue weighted by Crippen LogP contribution is -2.36. The number of anilines is 1. The van der Waals surface area contributed by atoms with Crippen molar-refractivity contribution in [1.82, 2.24) is 4.98 Å². The summed E-state index contributed by atoms with van der Waals surface area (Å²) in [5.41, 5.74) is 5.60. The highest BCUT2D eigenvalue weighted by atomic mass is 79.9. The molecule has 0 radical (unpaired) electrons. The fourth-order valence-electron chi connectivity index (χ4n) is 5.50. The molecule has 5 rings (SSSR count). The van der Waals surface area contributed by atoms with Crippen molar-refractivity contribution in [2.75, 3.05) is 31.2 Å². The van der Waals surface area contributed by atoms with Gasteiger partial charge in [0, 0.05) is 24.0 Å². The highest BCUT2D eigenvalue weighted by Gasteiger charge is 2.32. The van der Waals surface area contributed by atoms with E-state index in [0.717, 1.165) is 51.4 Å². The SMILES string of the molecule is CC(C)(C)c1cc(C(c2ccc(Br)cc2)c2nc(Cc3ccccc3)c(N3CCOCC3)o2)cc(C(C)(C)C)c1O. The topological polar surface area (TPSA) is 58.7 Å². The minimum absolute atomic E-state index is 0.252.